The van der Waals surface area contributed by atoms with Crippen molar-refractivity contribution in [3.8, 4) is 0 Å². The van der Waals surface area contributed by atoms with E-state index in [1.54, 1.807) is 0 Å². The first kappa shape index (κ1) is 7.25. The van der Waals surface area contributed by atoms with Gasteiger partial charge in [0.25, 0.3) is 0 Å². The summed E-state index contributed by atoms with van der Waals surface area (Å²) in [5.74, 6) is 0. The molecule has 0 radical (unpaired) electrons. The number of allylic oxidation sites excluding steroid dienone is 1. The lowest BCUT2D eigenvalue weighted by atomic mass is 10.5. The van der Waals surface area contributed by atoms with Crippen LogP contribution in [0.2, 0.25) is 0 Å². The molecule has 0 aliphatic carbocycles. The molecular formula is C5H9ClS. The standard InChI is InChI=1S/C5H9ClS/c1-3-4-5-7(2)6/h3,5H,1,4H2,2H3. The lowest BCUT2D eigenvalue weighted by Gasteiger charge is -1.81. The molecule has 1 atom stereocenters. The summed E-state index contributed by atoms with van der Waals surface area (Å²) in [6.45, 7) is 3.55. The molecular weight excluding hydrogens is 128 g/mol. The molecule has 2 heteroatoms. The molecule has 0 aliphatic rings. The van der Waals surface area contributed by atoms with E-state index in [9.17, 15) is 0 Å². The van der Waals surface area contributed by atoms with Crippen molar-refractivity contribution in [1.82, 2.24) is 0 Å². The van der Waals surface area contributed by atoms with E-state index in [4.69, 9.17) is 10.7 Å². The smallest absolute Gasteiger partial charge is 0.00958 e. The quantitative estimate of drug-likeness (QED) is 0.404. The Morgan fingerprint density at radius 1 is 1.86 bits per heavy atom. The second-order valence-electron chi connectivity index (χ2n) is 1.17. The van der Waals surface area contributed by atoms with Gasteiger partial charge in [0, 0.05) is 0 Å². The summed E-state index contributed by atoms with van der Waals surface area (Å²) in [5, 5.41) is 2.02. The predicted octanol–water partition coefficient (Wildman–Crippen LogP) is 2.42. The third kappa shape index (κ3) is 6.25. The zero-order valence-corrected chi connectivity index (χ0v) is 5.93. The minimum absolute atomic E-state index is 0.0395. The van der Waals surface area contributed by atoms with Crippen LogP contribution in [0.5, 0.6) is 0 Å². The average Bonchev–Trinajstić information content (AvgIpc) is 1.61. The van der Waals surface area contributed by atoms with Crippen LogP contribution in [0, 0.1) is 0 Å². The molecule has 0 saturated carbocycles. The maximum absolute atomic E-state index is 5.58. The van der Waals surface area contributed by atoms with Crippen molar-refractivity contribution >= 4 is 25.7 Å². The SMILES string of the molecule is C=CCC=S(C)Cl. The van der Waals surface area contributed by atoms with E-state index in [0.717, 1.165) is 6.42 Å². The van der Waals surface area contributed by atoms with E-state index >= 15 is 0 Å². The third-order valence-corrected chi connectivity index (χ3v) is 1.52. The lowest BCUT2D eigenvalue weighted by Crippen LogP contribution is -1.62. The molecule has 0 aromatic carbocycles. The van der Waals surface area contributed by atoms with E-state index < -0.39 is 0 Å². The van der Waals surface area contributed by atoms with E-state index in [2.05, 4.69) is 6.58 Å². The molecule has 0 aromatic rings. The van der Waals surface area contributed by atoms with Gasteiger partial charge in [-0.05, 0) is 18.0 Å². The Hall–Kier alpha value is 0.250. The fourth-order valence-corrected chi connectivity index (χ4v) is 0.820. The second kappa shape index (κ2) is 4.41. The molecule has 1 unspecified atom stereocenters. The van der Waals surface area contributed by atoms with Gasteiger partial charge in [-0.2, -0.15) is 0 Å². The van der Waals surface area contributed by atoms with Gasteiger partial charge in [0.2, 0.25) is 0 Å². The largest absolute Gasteiger partial charge is 0.103 e. The van der Waals surface area contributed by atoms with Crippen molar-refractivity contribution in [3.05, 3.63) is 12.7 Å². The Morgan fingerprint density at radius 3 is 2.57 bits per heavy atom. The van der Waals surface area contributed by atoms with Crippen molar-refractivity contribution in [2.24, 2.45) is 0 Å². The molecule has 0 N–H and O–H groups in total. The van der Waals surface area contributed by atoms with Gasteiger partial charge in [-0.15, -0.1) is 16.3 Å². The summed E-state index contributed by atoms with van der Waals surface area (Å²) in [7, 11) is 5.54. The van der Waals surface area contributed by atoms with E-state index in [0.29, 0.717) is 0 Å². The van der Waals surface area contributed by atoms with E-state index in [1.807, 2.05) is 17.7 Å². The molecule has 0 amide bonds. The molecule has 0 aliphatic heterocycles. The van der Waals surface area contributed by atoms with Gasteiger partial charge < -0.3 is 0 Å². The fraction of sp³-hybridized carbons (Fsp3) is 0.400. The van der Waals surface area contributed by atoms with Crippen molar-refractivity contribution in [1.29, 1.82) is 0 Å². The topological polar surface area (TPSA) is 0 Å². The average molecular weight is 137 g/mol. The maximum atomic E-state index is 5.58. The molecule has 0 aromatic heterocycles. The first-order chi connectivity index (χ1) is 3.27. The third-order valence-electron chi connectivity index (χ3n) is 0.493. The number of rotatable bonds is 2. The Morgan fingerprint density at radius 2 is 2.43 bits per heavy atom. The zero-order valence-electron chi connectivity index (χ0n) is 4.36. The molecule has 0 nitrogen and oxygen atoms in total. The van der Waals surface area contributed by atoms with Crippen LogP contribution >= 0.6 is 20.4 Å². The van der Waals surface area contributed by atoms with Gasteiger partial charge in [-0.3, -0.25) is 0 Å². The molecule has 0 bridgehead atoms. The Balaban J connectivity index is 3.25. The van der Waals surface area contributed by atoms with E-state index in [-0.39, 0.29) is 9.70 Å². The monoisotopic (exact) mass is 136 g/mol. The molecule has 7 heavy (non-hydrogen) atoms. The highest BCUT2D eigenvalue weighted by Gasteiger charge is 1.70. The lowest BCUT2D eigenvalue weighted by molar-refractivity contribution is 1.60. The molecule has 42 valence electrons. The molecule has 0 rings (SSSR count). The minimum atomic E-state index is -0.0395. The summed E-state index contributed by atoms with van der Waals surface area (Å²) >= 11 is 0. The minimum Gasteiger partial charge on any atom is -0.103 e. The van der Waals surface area contributed by atoms with Crippen LogP contribution in [0.4, 0.5) is 0 Å². The summed E-state index contributed by atoms with van der Waals surface area (Å²) in [5.41, 5.74) is 0. The summed E-state index contributed by atoms with van der Waals surface area (Å²) < 4.78 is 0. The normalized spacial score (nSPS) is 14.0. The van der Waals surface area contributed by atoms with Gasteiger partial charge in [0.15, 0.2) is 0 Å². The van der Waals surface area contributed by atoms with Gasteiger partial charge in [-0.25, -0.2) is 0 Å². The van der Waals surface area contributed by atoms with Crippen molar-refractivity contribution in [2.45, 2.75) is 6.42 Å². The zero-order chi connectivity index (χ0) is 5.70. The summed E-state index contributed by atoms with van der Waals surface area (Å²) in [6.07, 6.45) is 4.72. The van der Waals surface area contributed by atoms with Crippen LogP contribution in [0.3, 0.4) is 0 Å². The Bertz CT molecular complexity index is 82.1. The predicted molar refractivity (Wildman–Crippen MR) is 40.2 cm³/mol. The first-order valence-corrected chi connectivity index (χ1v) is 4.55. The van der Waals surface area contributed by atoms with Crippen LogP contribution in [0.25, 0.3) is 0 Å². The van der Waals surface area contributed by atoms with Crippen LogP contribution in [-0.4, -0.2) is 11.6 Å². The highest BCUT2D eigenvalue weighted by molar-refractivity contribution is 8.33. The second-order valence-corrected chi connectivity index (χ2v) is 3.92. The fourth-order valence-electron chi connectivity index (χ4n) is 0.201. The van der Waals surface area contributed by atoms with Crippen LogP contribution in [0.15, 0.2) is 12.7 Å². The van der Waals surface area contributed by atoms with Gasteiger partial charge >= 0.3 is 0 Å². The number of halogens is 1. The maximum Gasteiger partial charge on any atom is -0.00958 e. The van der Waals surface area contributed by atoms with E-state index in [1.165, 1.54) is 0 Å². The first-order valence-electron chi connectivity index (χ1n) is 2.02. The Labute approximate surface area is 51.6 Å². The van der Waals surface area contributed by atoms with Crippen LogP contribution in [0.1, 0.15) is 6.42 Å². The Kier molecular flexibility index (Phi) is 4.57. The molecule has 0 fully saturated rings. The van der Waals surface area contributed by atoms with Gasteiger partial charge in [0.1, 0.15) is 0 Å². The highest BCUT2D eigenvalue weighted by Crippen LogP contribution is 2.10. The summed E-state index contributed by atoms with van der Waals surface area (Å²) in [4.78, 5) is 0. The van der Waals surface area contributed by atoms with Crippen molar-refractivity contribution in [2.75, 3.05) is 6.26 Å². The molecule has 0 saturated heterocycles. The van der Waals surface area contributed by atoms with Crippen LogP contribution in [-0.2, 0) is 0 Å². The van der Waals surface area contributed by atoms with Gasteiger partial charge in [-0.1, -0.05) is 16.8 Å². The number of hydrogen-bond acceptors (Lipinski definition) is 0. The molecule has 0 spiro atoms. The summed E-state index contributed by atoms with van der Waals surface area (Å²) in [6, 6.07) is 0. The molecule has 0 heterocycles. The highest BCUT2D eigenvalue weighted by atomic mass is 35.7. The van der Waals surface area contributed by atoms with Crippen molar-refractivity contribution in [3.63, 3.8) is 0 Å². The van der Waals surface area contributed by atoms with Gasteiger partial charge in [0.05, 0.1) is 0 Å². The number of hydrogen-bond donors (Lipinski definition) is 0. The van der Waals surface area contributed by atoms with Crippen LogP contribution < -0.4 is 0 Å². The van der Waals surface area contributed by atoms with Crippen molar-refractivity contribution < 1.29 is 0 Å².